The van der Waals surface area contributed by atoms with E-state index in [2.05, 4.69) is 15.3 Å². The number of fused-ring (bicyclic) bond motifs is 1. The predicted octanol–water partition coefficient (Wildman–Crippen LogP) is 4.29. The summed E-state index contributed by atoms with van der Waals surface area (Å²) in [6, 6.07) is 8.01. The zero-order chi connectivity index (χ0) is 18.0. The normalized spacial score (nSPS) is 15.4. The number of imidazole rings is 1. The van der Waals surface area contributed by atoms with E-state index in [0.717, 1.165) is 41.4 Å². The molecule has 1 saturated carbocycles. The summed E-state index contributed by atoms with van der Waals surface area (Å²) in [6.45, 7) is 1.47. The van der Waals surface area contributed by atoms with Crippen molar-refractivity contribution in [1.29, 1.82) is 0 Å². The van der Waals surface area contributed by atoms with Gasteiger partial charge in [0, 0.05) is 25.3 Å². The molecule has 1 aromatic heterocycles. The molecular weight excluding hydrogens is 346 g/mol. The Balaban J connectivity index is 1.20. The van der Waals surface area contributed by atoms with Gasteiger partial charge in [-0.3, -0.25) is 4.79 Å². The lowest BCUT2D eigenvalue weighted by atomic mass is 9.98. The number of carbonyl (C=O) groups is 1. The van der Waals surface area contributed by atoms with E-state index >= 15 is 0 Å². The van der Waals surface area contributed by atoms with Crippen LogP contribution in [0.1, 0.15) is 51.4 Å². The zero-order valence-corrected chi connectivity index (χ0v) is 16.2. The Hall–Kier alpha value is -1.53. The van der Waals surface area contributed by atoms with Crippen molar-refractivity contribution in [3.8, 4) is 0 Å². The van der Waals surface area contributed by atoms with Crippen LogP contribution in [0.2, 0.25) is 0 Å². The third kappa shape index (κ3) is 6.32. The van der Waals surface area contributed by atoms with Gasteiger partial charge in [-0.1, -0.05) is 43.2 Å². The number of ether oxygens (including phenoxy) is 1. The van der Waals surface area contributed by atoms with Gasteiger partial charge in [0.15, 0.2) is 5.16 Å². The van der Waals surface area contributed by atoms with Crippen molar-refractivity contribution < 1.29 is 9.53 Å². The van der Waals surface area contributed by atoms with Gasteiger partial charge < -0.3 is 15.0 Å². The van der Waals surface area contributed by atoms with Crippen LogP contribution in [0.15, 0.2) is 29.4 Å². The Morgan fingerprint density at radius 3 is 2.92 bits per heavy atom. The van der Waals surface area contributed by atoms with Crippen LogP contribution in [0, 0.1) is 0 Å². The van der Waals surface area contributed by atoms with Crippen molar-refractivity contribution in [2.75, 3.05) is 18.9 Å². The van der Waals surface area contributed by atoms with Crippen LogP contribution in [0.5, 0.6) is 0 Å². The average molecular weight is 376 g/mol. The SMILES string of the molecule is O=C(CCCSc1nc2ccccc2[nH]1)NCCCOC1CCCCC1. The lowest BCUT2D eigenvalue weighted by Crippen LogP contribution is -2.26. The van der Waals surface area contributed by atoms with Gasteiger partial charge in [-0.25, -0.2) is 4.98 Å². The van der Waals surface area contributed by atoms with Crippen LogP contribution in [0.3, 0.4) is 0 Å². The van der Waals surface area contributed by atoms with Crippen molar-refractivity contribution in [3.05, 3.63) is 24.3 Å². The number of nitrogens with one attached hydrogen (secondary N) is 2. The molecular formula is C20H29N3O2S. The van der Waals surface area contributed by atoms with E-state index in [-0.39, 0.29) is 5.91 Å². The van der Waals surface area contributed by atoms with Crippen molar-refractivity contribution in [2.45, 2.75) is 62.6 Å². The summed E-state index contributed by atoms with van der Waals surface area (Å²) >= 11 is 1.67. The summed E-state index contributed by atoms with van der Waals surface area (Å²) in [4.78, 5) is 19.7. The number of benzene rings is 1. The highest BCUT2D eigenvalue weighted by Gasteiger charge is 2.13. The minimum atomic E-state index is 0.132. The fourth-order valence-electron chi connectivity index (χ4n) is 3.27. The molecule has 1 amide bonds. The first-order chi connectivity index (χ1) is 12.8. The van der Waals surface area contributed by atoms with Crippen LogP contribution >= 0.6 is 11.8 Å². The fourth-order valence-corrected chi connectivity index (χ4v) is 4.10. The number of aromatic amines is 1. The van der Waals surface area contributed by atoms with Gasteiger partial charge in [-0.15, -0.1) is 0 Å². The Morgan fingerprint density at radius 2 is 2.08 bits per heavy atom. The summed E-state index contributed by atoms with van der Waals surface area (Å²) < 4.78 is 5.87. The third-order valence-corrected chi connectivity index (χ3v) is 5.66. The molecule has 0 atom stereocenters. The average Bonchev–Trinajstić information content (AvgIpc) is 3.09. The van der Waals surface area contributed by atoms with Crippen LogP contribution < -0.4 is 5.32 Å². The van der Waals surface area contributed by atoms with Gasteiger partial charge in [0.05, 0.1) is 17.1 Å². The van der Waals surface area contributed by atoms with Gasteiger partial charge >= 0.3 is 0 Å². The molecule has 0 bridgehead atoms. The van der Waals surface area contributed by atoms with E-state index < -0.39 is 0 Å². The molecule has 1 aliphatic rings. The van der Waals surface area contributed by atoms with Crippen molar-refractivity contribution in [3.63, 3.8) is 0 Å². The number of rotatable bonds is 10. The molecule has 0 aliphatic heterocycles. The highest BCUT2D eigenvalue weighted by Crippen LogP contribution is 2.21. The number of thioether (sulfide) groups is 1. The molecule has 6 heteroatoms. The third-order valence-electron chi connectivity index (χ3n) is 4.70. The molecule has 1 fully saturated rings. The number of hydrogen-bond donors (Lipinski definition) is 2. The second-order valence-electron chi connectivity index (χ2n) is 6.85. The van der Waals surface area contributed by atoms with Gasteiger partial charge in [0.2, 0.25) is 5.91 Å². The van der Waals surface area contributed by atoms with Crippen LogP contribution in [0.4, 0.5) is 0 Å². The molecule has 0 unspecified atom stereocenters. The van der Waals surface area contributed by atoms with E-state index in [1.807, 2.05) is 24.3 Å². The van der Waals surface area contributed by atoms with E-state index in [1.165, 1.54) is 32.1 Å². The second kappa shape index (κ2) is 10.6. The number of H-pyrrole nitrogens is 1. The first-order valence-corrected chi connectivity index (χ1v) is 10.8. The molecule has 3 rings (SSSR count). The number of carbonyl (C=O) groups excluding carboxylic acids is 1. The predicted molar refractivity (Wildman–Crippen MR) is 107 cm³/mol. The maximum atomic E-state index is 11.9. The van der Waals surface area contributed by atoms with E-state index in [0.29, 0.717) is 19.1 Å². The van der Waals surface area contributed by atoms with Gasteiger partial charge in [-0.2, -0.15) is 0 Å². The Labute approximate surface area is 159 Å². The van der Waals surface area contributed by atoms with Crippen LogP contribution in [0.25, 0.3) is 11.0 Å². The minimum Gasteiger partial charge on any atom is -0.378 e. The Morgan fingerprint density at radius 1 is 1.23 bits per heavy atom. The lowest BCUT2D eigenvalue weighted by Gasteiger charge is -2.21. The van der Waals surface area contributed by atoms with Crippen molar-refractivity contribution in [2.24, 2.45) is 0 Å². The summed E-state index contributed by atoms with van der Waals surface area (Å²) in [6.07, 6.45) is 9.13. The number of nitrogens with zero attached hydrogens (tertiary/aromatic N) is 1. The number of hydrogen-bond acceptors (Lipinski definition) is 4. The maximum Gasteiger partial charge on any atom is 0.220 e. The molecule has 0 radical (unpaired) electrons. The number of para-hydroxylation sites is 2. The van der Waals surface area contributed by atoms with Crippen LogP contribution in [-0.4, -0.2) is 40.9 Å². The molecule has 142 valence electrons. The first-order valence-electron chi connectivity index (χ1n) is 9.77. The largest absolute Gasteiger partial charge is 0.378 e. The molecule has 2 aromatic rings. The molecule has 1 aliphatic carbocycles. The highest BCUT2D eigenvalue weighted by atomic mass is 32.2. The molecule has 2 N–H and O–H groups in total. The fraction of sp³-hybridized carbons (Fsp3) is 0.600. The minimum absolute atomic E-state index is 0.132. The molecule has 5 nitrogen and oxygen atoms in total. The molecule has 1 heterocycles. The quantitative estimate of drug-likeness (QED) is 0.480. The Kier molecular flexibility index (Phi) is 7.83. The number of amides is 1. The summed E-state index contributed by atoms with van der Waals surface area (Å²) in [5.41, 5.74) is 2.05. The van der Waals surface area contributed by atoms with Crippen LogP contribution in [-0.2, 0) is 9.53 Å². The monoisotopic (exact) mass is 375 g/mol. The molecule has 0 spiro atoms. The van der Waals surface area contributed by atoms with Crippen molar-refractivity contribution in [1.82, 2.24) is 15.3 Å². The number of aromatic nitrogens is 2. The smallest absolute Gasteiger partial charge is 0.220 e. The zero-order valence-electron chi connectivity index (χ0n) is 15.3. The van der Waals surface area contributed by atoms with Gasteiger partial charge in [0.25, 0.3) is 0 Å². The highest BCUT2D eigenvalue weighted by molar-refractivity contribution is 7.99. The summed E-state index contributed by atoms with van der Waals surface area (Å²) in [7, 11) is 0. The maximum absolute atomic E-state index is 11.9. The van der Waals surface area contributed by atoms with E-state index in [4.69, 9.17) is 4.74 Å². The second-order valence-corrected chi connectivity index (χ2v) is 7.93. The van der Waals surface area contributed by atoms with E-state index in [9.17, 15) is 4.79 Å². The standard InChI is InChI=1S/C20H29N3O2S/c24-19(21-13-7-14-25-16-8-2-1-3-9-16)12-6-15-26-20-22-17-10-4-5-11-18(17)23-20/h4-5,10-11,16H,1-3,6-9,12-15H2,(H,21,24)(H,22,23). The summed E-state index contributed by atoms with van der Waals surface area (Å²) in [5, 5.41) is 3.91. The summed E-state index contributed by atoms with van der Waals surface area (Å²) in [5.74, 6) is 1.02. The van der Waals surface area contributed by atoms with Crippen molar-refractivity contribution >= 4 is 28.7 Å². The molecule has 0 saturated heterocycles. The van der Waals surface area contributed by atoms with Gasteiger partial charge in [0.1, 0.15) is 0 Å². The molecule has 1 aromatic carbocycles. The lowest BCUT2D eigenvalue weighted by molar-refractivity contribution is -0.121. The Bertz CT molecular complexity index is 650. The van der Waals surface area contributed by atoms with E-state index in [1.54, 1.807) is 11.8 Å². The van der Waals surface area contributed by atoms with Gasteiger partial charge in [-0.05, 0) is 37.8 Å². The first kappa shape index (κ1) is 19.2. The molecule has 26 heavy (non-hydrogen) atoms. The topological polar surface area (TPSA) is 67.0 Å².